The van der Waals surface area contributed by atoms with Crippen LogP contribution in [0.4, 0.5) is 0 Å². The van der Waals surface area contributed by atoms with E-state index in [1.54, 1.807) is 0 Å². The zero-order chi connectivity index (χ0) is 12.0. The van der Waals surface area contributed by atoms with Crippen molar-refractivity contribution in [1.29, 1.82) is 0 Å². The van der Waals surface area contributed by atoms with E-state index in [4.69, 9.17) is 5.84 Å². The molecule has 0 aromatic heterocycles. The molecule has 0 aromatic rings. The second kappa shape index (κ2) is 6.61. The van der Waals surface area contributed by atoms with Crippen LogP contribution in [0.5, 0.6) is 0 Å². The first-order valence-electron chi connectivity index (χ1n) is 7.08. The lowest BCUT2D eigenvalue weighted by molar-refractivity contribution is 0.0936. The van der Waals surface area contributed by atoms with Gasteiger partial charge in [-0.15, -0.1) is 0 Å². The average Bonchev–Trinajstić information content (AvgIpc) is 2.25. The number of nitrogens with two attached hydrogens (primary N) is 1. The lowest BCUT2D eigenvalue weighted by Gasteiger charge is -2.43. The van der Waals surface area contributed by atoms with Crippen LogP contribution in [0.25, 0.3) is 0 Å². The van der Waals surface area contributed by atoms with Gasteiger partial charge in [-0.05, 0) is 30.6 Å². The third-order valence-electron chi connectivity index (χ3n) is 4.41. The van der Waals surface area contributed by atoms with Crippen LogP contribution in [0, 0.1) is 11.3 Å². The number of unbranched alkanes of at least 4 members (excludes halogenated alkanes) is 2. The van der Waals surface area contributed by atoms with E-state index in [-0.39, 0.29) is 0 Å². The van der Waals surface area contributed by atoms with Crippen molar-refractivity contribution in [3.8, 4) is 0 Å². The lowest BCUT2D eigenvalue weighted by Crippen LogP contribution is -2.47. The van der Waals surface area contributed by atoms with E-state index in [2.05, 4.69) is 26.2 Å². The van der Waals surface area contributed by atoms with Crippen molar-refractivity contribution >= 4 is 0 Å². The molecule has 96 valence electrons. The van der Waals surface area contributed by atoms with Crippen LogP contribution in [0.2, 0.25) is 0 Å². The molecule has 2 nitrogen and oxygen atoms in total. The van der Waals surface area contributed by atoms with Crippen molar-refractivity contribution in [3.05, 3.63) is 0 Å². The zero-order valence-corrected chi connectivity index (χ0v) is 11.4. The number of hydrogen-bond acceptors (Lipinski definition) is 2. The zero-order valence-electron chi connectivity index (χ0n) is 11.4. The van der Waals surface area contributed by atoms with Gasteiger partial charge in [0.05, 0.1) is 0 Å². The fourth-order valence-corrected chi connectivity index (χ4v) is 3.28. The van der Waals surface area contributed by atoms with Crippen molar-refractivity contribution in [2.24, 2.45) is 17.2 Å². The average molecular weight is 226 g/mol. The Bertz CT molecular complexity index is 189. The number of hydrazine groups is 1. The van der Waals surface area contributed by atoms with Gasteiger partial charge in [0.2, 0.25) is 0 Å². The smallest absolute Gasteiger partial charge is 0.0243 e. The monoisotopic (exact) mass is 226 g/mol. The highest BCUT2D eigenvalue weighted by atomic mass is 15.2. The second-order valence-electron chi connectivity index (χ2n) is 6.11. The first-order valence-corrected chi connectivity index (χ1v) is 7.08. The van der Waals surface area contributed by atoms with Crippen LogP contribution in [-0.4, -0.2) is 6.04 Å². The van der Waals surface area contributed by atoms with E-state index >= 15 is 0 Å². The maximum absolute atomic E-state index is 5.76. The fraction of sp³-hybridized carbons (Fsp3) is 1.00. The van der Waals surface area contributed by atoms with Gasteiger partial charge in [0.15, 0.2) is 0 Å². The largest absolute Gasteiger partial charge is 0.271 e. The van der Waals surface area contributed by atoms with Crippen molar-refractivity contribution in [2.75, 3.05) is 0 Å². The summed E-state index contributed by atoms with van der Waals surface area (Å²) in [5.41, 5.74) is 3.56. The summed E-state index contributed by atoms with van der Waals surface area (Å²) in [7, 11) is 0. The van der Waals surface area contributed by atoms with Gasteiger partial charge in [0.1, 0.15) is 0 Å². The molecule has 0 bridgehead atoms. The Balaban J connectivity index is 2.49. The van der Waals surface area contributed by atoms with Crippen LogP contribution in [0.15, 0.2) is 0 Å². The normalized spacial score (nSPS) is 26.6. The molecular weight excluding hydrogens is 196 g/mol. The highest BCUT2D eigenvalue weighted by Gasteiger charge is 2.36. The molecule has 0 aromatic carbocycles. The van der Waals surface area contributed by atoms with Crippen LogP contribution in [0.3, 0.4) is 0 Å². The molecule has 1 saturated carbocycles. The van der Waals surface area contributed by atoms with Gasteiger partial charge in [-0.3, -0.25) is 11.3 Å². The second-order valence-corrected chi connectivity index (χ2v) is 6.11. The molecule has 1 rings (SSSR count). The summed E-state index contributed by atoms with van der Waals surface area (Å²) in [5, 5.41) is 0. The molecule has 2 heteroatoms. The Hall–Kier alpha value is -0.0800. The van der Waals surface area contributed by atoms with Gasteiger partial charge in [-0.25, -0.2) is 0 Å². The van der Waals surface area contributed by atoms with E-state index in [1.807, 2.05) is 0 Å². The van der Waals surface area contributed by atoms with Gasteiger partial charge < -0.3 is 0 Å². The molecule has 0 spiro atoms. The number of nitrogens with one attached hydrogen (secondary N) is 1. The van der Waals surface area contributed by atoms with Gasteiger partial charge in [0.25, 0.3) is 0 Å². The Morgan fingerprint density at radius 1 is 1.31 bits per heavy atom. The SMILES string of the molecule is CCCCCC(NN)C1CCCCC1(C)C. The van der Waals surface area contributed by atoms with Gasteiger partial charge >= 0.3 is 0 Å². The summed E-state index contributed by atoms with van der Waals surface area (Å²) in [4.78, 5) is 0. The van der Waals surface area contributed by atoms with E-state index in [0.29, 0.717) is 11.5 Å². The maximum Gasteiger partial charge on any atom is 0.0243 e. The topological polar surface area (TPSA) is 38.0 Å². The Morgan fingerprint density at radius 3 is 2.62 bits per heavy atom. The van der Waals surface area contributed by atoms with E-state index in [0.717, 1.165) is 5.92 Å². The third kappa shape index (κ3) is 3.74. The predicted molar refractivity (Wildman–Crippen MR) is 71.0 cm³/mol. The van der Waals surface area contributed by atoms with E-state index < -0.39 is 0 Å². The Labute approximate surface area is 101 Å². The molecule has 1 fully saturated rings. The van der Waals surface area contributed by atoms with Crippen molar-refractivity contribution in [1.82, 2.24) is 5.43 Å². The summed E-state index contributed by atoms with van der Waals surface area (Å²) < 4.78 is 0. The van der Waals surface area contributed by atoms with Crippen LogP contribution in [0.1, 0.15) is 72.1 Å². The lowest BCUT2D eigenvalue weighted by atomic mass is 9.65. The van der Waals surface area contributed by atoms with Crippen LogP contribution in [-0.2, 0) is 0 Å². The summed E-state index contributed by atoms with van der Waals surface area (Å²) in [6, 6.07) is 0.529. The molecule has 3 N–H and O–H groups in total. The summed E-state index contributed by atoms with van der Waals surface area (Å²) in [6.07, 6.45) is 10.7. The first kappa shape index (κ1) is 14.0. The Kier molecular flexibility index (Phi) is 5.77. The standard InChI is InChI=1S/C14H30N2/c1-4-5-6-10-13(16-15)12-9-7-8-11-14(12,2)3/h12-13,16H,4-11,15H2,1-3H3. The number of hydrogen-bond donors (Lipinski definition) is 2. The molecule has 16 heavy (non-hydrogen) atoms. The quantitative estimate of drug-likeness (QED) is 0.412. The van der Waals surface area contributed by atoms with E-state index in [9.17, 15) is 0 Å². The van der Waals surface area contributed by atoms with Gasteiger partial charge in [-0.1, -0.05) is 52.9 Å². The van der Waals surface area contributed by atoms with Crippen LogP contribution < -0.4 is 11.3 Å². The molecule has 0 radical (unpaired) electrons. The highest BCUT2D eigenvalue weighted by molar-refractivity contribution is 4.89. The Morgan fingerprint density at radius 2 is 2.06 bits per heavy atom. The summed E-state index contributed by atoms with van der Waals surface area (Å²) in [5.74, 6) is 6.52. The third-order valence-corrected chi connectivity index (χ3v) is 4.41. The van der Waals surface area contributed by atoms with Crippen LogP contribution >= 0.6 is 0 Å². The maximum atomic E-state index is 5.76. The molecule has 0 saturated heterocycles. The van der Waals surface area contributed by atoms with Gasteiger partial charge in [-0.2, -0.15) is 0 Å². The minimum Gasteiger partial charge on any atom is -0.271 e. The first-order chi connectivity index (χ1) is 7.61. The minimum atomic E-state index is 0.474. The molecular formula is C14H30N2. The van der Waals surface area contributed by atoms with Crippen molar-refractivity contribution < 1.29 is 0 Å². The molecule has 0 aliphatic heterocycles. The molecule has 0 amide bonds. The minimum absolute atomic E-state index is 0.474. The van der Waals surface area contributed by atoms with Crippen molar-refractivity contribution in [2.45, 2.75) is 78.2 Å². The van der Waals surface area contributed by atoms with Crippen molar-refractivity contribution in [3.63, 3.8) is 0 Å². The molecule has 2 unspecified atom stereocenters. The highest BCUT2D eigenvalue weighted by Crippen LogP contribution is 2.43. The molecule has 1 aliphatic carbocycles. The fourth-order valence-electron chi connectivity index (χ4n) is 3.28. The summed E-state index contributed by atoms with van der Waals surface area (Å²) in [6.45, 7) is 7.09. The van der Waals surface area contributed by atoms with E-state index in [1.165, 1.54) is 51.4 Å². The molecule has 2 atom stereocenters. The summed E-state index contributed by atoms with van der Waals surface area (Å²) >= 11 is 0. The molecule has 0 heterocycles. The van der Waals surface area contributed by atoms with Gasteiger partial charge in [0, 0.05) is 6.04 Å². The molecule has 1 aliphatic rings. The number of rotatable bonds is 6. The predicted octanol–water partition coefficient (Wildman–Crippen LogP) is 3.62.